The first-order chi connectivity index (χ1) is 10.5. The summed E-state index contributed by atoms with van der Waals surface area (Å²) in [5.41, 5.74) is 0.503. The fourth-order valence-electron chi connectivity index (χ4n) is 1.62. The molecule has 0 bridgehead atoms. The molecule has 0 fully saturated rings. The van der Waals surface area contributed by atoms with Gasteiger partial charge in [-0.2, -0.15) is 9.78 Å². The molecule has 0 amide bonds. The summed E-state index contributed by atoms with van der Waals surface area (Å²) in [5.74, 6) is 0.306. The largest absolute Gasteiger partial charge is 0.503 e. The Hall–Kier alpha value is -1.87. The number of aromatic hydroxyl groups is 1. The highest BCUT2D eigenvalue weighted by molar-refractivity contribution is 9.10. The summed E-state index contributed by atoms with van der Waals surface area (Å²) >= 11 is 4.53. The van der Waals surface area contributed by atoms with Gasteiger partial charge in [0.1, 0.15) is 5.69 Å². The van der Waals surface area contributed by atoms with Crippen LogP contribution in [0, 0.1) is 6.92 Å². The third-order valence-electron chi connectivity index (χ3n) is 2.79. The van der Waals surface area contributed by atoms with Crippen molar-refractivity contribution in [2.75, 3.05) is 13.4 Å². The molecule has 0 spiro atoms. The molecular weight excluding hydrogens is 372 g/mol. The smallest absolute Gasteiger partial charge is 0.296 e. The van der Waals surface area contributed by atoms with Crippen molar-refractivity contribution in [3.63, 3.8) is 0 Å². The van der Waals surface area contributed by atoms with Crippen molar-refractivity contribution >= 4 is 33.9 Å². The summed E-state index contributed by atoms with van der Waals surface area (Å²) in [6.45, 7) is 1.57. The van der Waals surface area contributed by atoms with Gasteiger partial charge in [0, 0.05) is 5.56 Å². The van der Waals surface area contributed by atoms with Gasteiger partial charge in [0.05, 0.1) is 17.8 Å². The molecule has 0 aliphatic carbocycles. The highest BCUT2D eigenvalue weighted by Crippen LogP contribution is 2.35. The predicted octanol–water partition coefficient (Wildman–Crippen LogP) is 2.03. The number of aryl methyl sites for hydroxylation is 1. The fraction of sp³-hybridized carbons (Fsp3) is 0.231. The van der Waals surface area contributed by atoms with Gasteiger partial charge in [-0.25, -0.2) is 0 Å². The second-order valence-electron chi connectivity index (χ2n) is 4.15. The molecule has 2 aromatic rings. The predicted molar refractivity (Wildman–Crippen MR) is 88.2 cm³/mol. The first-order valence-corrected chi connectivity index (χ1v) is 8.11. The number of nitrogens with zero attached hydrogens (tertiary/aromatic N) is 4. The van der Waals surface area contributed by atoms with Crippen LogP contribution in [0.2, 0.25) is 0 Å². The van der Waals surface area contributed by atoms with Crippen LogP contribution in [0.15, 0.2) is 31.7 Å². The third-order valence-corrected chi connectivity index (χ3v) is 4.25. The van der Waals surface area contributed by atoms with Crippen molar-refractivity contribution in [2.24, 2.45) is 5.10 Å². The van der Waals surface area contributed by atoms with Gasteiger partial charge in [-0.1, -0.05) is 11.8 Å². The molecule has 1 heterocycles. The Morgan fingerprint density at radius 2 is 2.18 bits per heavy atom. The maximum Gasteiger partial charge on any atom is 0.296 e. The Labute approximate surface area is 139 Å². The van der Waals surface area contributed by atoms with Crippen molar-refractivity contribution in [2.45, 2.75) is 12.1 Å². The zero-order valence-electron chi connectivity index (χ0n) is 12.1. The molecule has 7 nitrogen and oxygen atoms in total. The molecular formula is C13H13BrN4O3S. The minimum atomic E-state index is -0.343. The fourth-order valence-corrected chi connectivity index (χ4v) is 2.47. The van der Waals surface area contributed by atoms with E-state index >= 15 is 0 Å². The van der Waals surface area contributed by atoms with Gasteiger partial charge < -0.3 is 9.84 Å². The van der Waals surface area contributed by atoms with Crippen molar-refractivity contribution < 1.29 is 9.84 Å². The number of halogens is 1. The van der Waals surface area contributed by atoms with E-state index in [1.807, 2.05) is 0 Å². The number of phenols is 1. The lowest BCUT2D eigenvalue weighted by Gasteiger charge is -2.07. The quantitative estimate of drug-likeness (QED) is 0.640. The van der Waals surface area contributed by atoms with Gasteiger partial charge in [-0.05, 0) is 41.2 Å². The summed E-state index contributed by atoms with van der Waals surface area (Å²) in [6.07, 6.45) is 3.23. The first-order valence-electron chi connectivity index (χ1n) is 6.09. The van der Waals surface area contributed by atoms with Gasteiger partial charge in [0.2, 0.25) is 5.16 Å². The maximum absolute atomic E-state index is 12.1. The first kappa shape index (κ1) is 16.5. The normalized spacial score (nSPS) is 11.1. The monoisotopic (exact) mass is 384 g/mol. The van der Waals surface area contributed by atoms with E-state index in [1.165, 1.54) is 29.8 Å². The highest BCUT2D eigenvalue weighted by Gasteiger charge is 2.11. The Bertz CT molecular complexity index is 792. The SMILES string of the molecule is COc1ccc(/C=N\n2c(SC)nnc(C)c2=O)c(Br)c1O. The Balaban J connectivity index is 2.48. The van der Waals surface area contributed by atoms with E-state index in [4.69, 9.17) is 4.74 Å². The highest BCUT2D eigenvalue weighted by atomic mass is 79.9. The minimum Gasteiger partial charge on any atom is -0.503 e. The average molecular weight is 385 g/mol. The minimum absolute atomic E-state index is 0.0343. The van der Waals surface area contributed by atoms with Gasteiger partial charge in [-0.15, -0.1) is 10.2 Å². The molecule has 1 N–H and O–H groups in total. The Morgan fingerprint density at radius 3 is 2.82 bits per heavy atom. The van der Waals surface area contributed by atoms with Crippen molar-refractivity contribution in [3.8, 4) is 11.5 Å². The molecule has 1 aromatic heterocycles. The molecule has 116 valence electrons. The number of hydrogen-bond donors (Lipinski definition) is 1. The van der Waals surface area contributed by atoms with Gasteiger partial charge in [0.25, 0.3) is 5.56 Å². The van der Waals surface area contributed by atoms with E-state index in [9.17, 15) is 9.90 Å². The molecule has 0 radical (unpaired) electrons. The van der Waals surface area contributed by atoms with Gasteiger partial charge in [-0.3, -0.25) is 4.79 Å². The van der Waals surface area contributed by atoms with Crippen LogP contribution in [-0.2, 0) is 0 Å². The van der Waals surface area contributed by atoms with Crippen LogP contribution in [0.5, 0.6) is 11.5 Å². The molecule has 0 aliphatic rings. The van der Waals surface area contributed by atoms with Crippen LogP contribution < -0.4 is 10.3 Å². The van der Waals surface area contributed by atoms with Crippen LogP contribution in [0.1, 0.15) is 11.3 Å². The number of rotatable bonds is 4. The molecule has 22 heavy (non-hydrogen) atoms. The Kier molecular flexibility index (Phi) is 5.19. The lowest BCUT2D eigenvalue weighted by Crippen LogP contribution is -2.23. The van der Waals surface area contributed by atoms with Gasteiger partial charge >= 0.3 is 0 Å². The third kappa shape index (κ3) is 3.14. The van der Waals surface area contributed by atoms with Crippen molar-refractivity contribution in [1.29, 1.82) is 0 Å². The van der Waals surface area contributed by atoms with Gasteiger partial charge in [0.15, 0.2) is 11.5 Å². The van der Waals surface area contributed by atoms with Crippen LogP contribution >= 0.6 is 27.7 Å². The summed E-state index contributed by atoms with van der Waals surface area (Å²) in [4.78, 5) is 12.1. The molecule has 0 atom stereocenters. The molecule has 2 rings (SSSR count). The lowest BCUT2D eigenvalue weighted by molar-refractivity contribution is 0.372. The van der Waals surface area contributed by atoms with E-state index in [0.717, 1.165) is 0 Å². The zero-order chi connectivity index (χ0) is 16.3. The van der Waals surface area contributed by atoms with Crippen LogP contribution in [0.25, 0.3) is 0 Å². The second-order valence-corrected chi connectivity index (χ2v) is 5.72. The average Bonchev–Trinajstić information content (AvgIpc) is 2.52. The number of benzene rings is 1. The van der Waals surface area contributed by atoms with Crippen molar-refractivity contribution in [1.82, 2.24) is 14.9 Å². The van der Waals surface area contributed by atoms with E-state index < -0.39 is 0 Å². The number of phenolic OH excluding ortho intramolecular Hbond substituents is 1. The molecule has 0 aliphatic heterocycles. The Morgan fingerprint density at radius 1 is 1.45 bits per heavy atom. The van der Waals surface area contributed by atoms with E-state index in [-0.39, 0.29) is 17.0 Å². The van der Waals surface area contributed by atoms with Crippen LogP contribution in [-0.4, -0.2) is 39.6 Å². The summed E-state index contributed by atoms with van der Waals surface area (Å²) in [7, 11) is 1.46. The lowest BCUT2D eigenvalue weighted by atomic mass is 10.2. The topological polar surface area (TPSA) is 89.6 Å². The van der Waals surface area contributed by atoms with E-state index in [1.54, 1.807) is 25.3 Å². The van der Waals surface area contributed by atoms with Crippen molar-refractivity contribution in [3.05, 3.63) is 38.2 Å². The molecule has 0 saturated carbocycles. The maximum atomic E-state index is 12.1. The number of aromatic nitrogens is 3. The van der Waals surface area contributed by atoms with Crippen LogP contribution in [0.4, 0.5) is 0 Å². The number of ether oxygens (including phenoxy) is 1. The summed E-state index contributed by atoms with van der Waals surface area (Å²) < 4.78 is 6.61. The molecule has 9 heteroatoms. The molecule has 0 saturated heterocycles. The molecule has 1 aromatic carbocycles. The number of hydrogen-bond acceptors (Lipinski definition) is 7. The van der Waals surface area contributed by atoms with E-state index in [2.05, 4.69) is 31.2 Å². The summed E-state index contributed by atoms with van der Waals surface area (Å²) in [5, 5.41) is 22.2. The van der Waals surface area contributed by atoms with Crippen LogP contribution in [0.3, 0.4) is 0 Å². The number of thioether (sulfide) groups is 1. The standard InChI is InChI=1S/C13H13BrN4O3S/c1-7-12(20)18(13(22-3)17-16-7)15-6-8-4-5-9(21-2)11(19)10(8)14/h4-6,19H,1-3H3/b15-6-. The number of methoxy groups -OCH3 is 1. The van der Waals surface area contributed by atoms with E-state index in [0.29, 0.717) is 20.9 Å². The zero-order valence-corrected chi connectivity index (χ0v) is 14.5. The second kappa shape index (κ2) is 6.93. The summed E-state index contributed by atoms with van der Waals surface area (Å²) in [6, 6.07) is 3.31. The molecule has 0 unspecified atom stereocenters.